The lowest BCUT2D eigenvalue weighted by Crippen LogP contribution is -2.26. The molecule has 0 fully saturated rings. The normalized spacial score (nSPS) is 13.4. The fraction of sp³-hybridized carbons (Fsp3) is 0.474. The molecule has 0 bridgehead atoms. The summed E-state index contributed by atoms with van der Waals surface area (Å²) >= 11 is 1.34. The van der Waals surface area contributed by atoms with Crippen molar-refractivity contribution in [2.75, 3.05) is 26.3 Å². The highest BCUT2D eigenvalue weighted by molar-refractivity contribution is 8.00. The second-order valence-electron chi connectivity index (χ2n) is 7.33. The molecule has 0 aliphatic carbocycles. The predicted molar refractivity (Wildman–Crippen MR) is 110 cm³/mol. The number of halogens is 3. The van der Waals surface area contributed by atoms with Crippen LogP contribution in [-0.2, 0) is 6.18 Å². The zero-order chi connectivity index (χ0) is 22.5. The van der Waals surface area contributed by atoms with Crippen molar-refractivity contribution >= 4 is 23.8 Å². The van der Waals surface area contributed by atoms with E-state index < -0.39 is 11.7 Å². The third-order valence-corrected chi connectivity index (χ3v) is 5.42. The molecule has 0 spiro atoms. The number of hydrogen-bond donors (Lipinski definition) is 0. The highest BCUT2D eigenvalue weighted by atomic mass is 32.2. The minimum absolute atomic E-state index is 0.0815. The van der Waals surface area contributed by atoms with Gasteiger partial charge in [0.2, 0.25) is 11.8 Å². The maximum atomic E-state index is 12.9. The number of ether oxygens (including phenoxy) is 2. The van der Waals surface area contributed by atoms with Crippen LogP contribution in [0.4, 0.5) is 19.0 Å². The lowest BCUT2D eigenvalue weighted by molar-refractivity contribution is -0.137. The molecule has 30 heavy (non-hydrogen) atoms. The summed E-state index contributed by atoms with van der Waals surface area (Å²) in [5.41, 5.74) is -1.04. The number of thioether (sulfide) groups is 1. The van der Waals surface area contributed by atoms with Gasteiger partial charge in [-0.25, -0.2) is 4.98 Å². The highest BCUT2D eigenvalue weighted by Gasteiger charge is 2.31. The topological polar surface area (TPSA) is 72.7 Å². The van der Waals surface area contributed by atoms with E-state index >= 15 is 0 Å². The van der Waals surface area contributed by atoms with Gasteiger partial charge in [0, 0.05) is 19.5 Å². The van der Waals surface area contributed by atoms with Crippen molar-refractivity contribution < 1.29 is 22.6 Å². The summed E-state index contributed by atoms with van der Waals surface area (Å²) in [6.45, 7) is 6.03. The Morgan fingerprint density at radius 1 is 1.10 bits per heavy atom. The van der Waals surface area contributed by atoms with Crippen molar-refractivity contribution in [2.45, 2.75) is 37.4 Å². The van der Waals surface area contributed by atoms with Crippen LogP contribution in [0.2, 0.25) is 0 Å². The molecular weight excluding hydrogens is 419 g/mol. The van der Waals surface area contributed by atoms with Gasteiger partial charge in [0.25, 0.3) is 0 Å². The number of nitrogens with zero attached hydrogens (tertiary/aromatic N) is 5. The average Bonchev–Trinajstić information content (AvgIpc) is 2.69. The molecule has 0 saturated carbocycles. The van der Waals surface area contributed by atoms with E-state index in [4.69, 9.17) is 9.47 Å². The van der Waals surface area contributed by atoms with Gasteiger partial charge >= 0.3 is 6.18 Å². The van der Waals surface area contributed by atoms with Gasteiger partial charge < -0.3 is 9.47 Å². The van der Waals surface area contributed by atoms with Gasteiger partial charge in [-0.15, -0.1) is 0 Å². The van der Waals surface area contributed by atoms with Gasteiger partial charge in [-0.3, -0.25) is 5.01 Å². The molecule has 0 aliphatic heterocycles. The monoisotopic (exact) mass is 443 g/mol. The molecule has 0 radical (unpaired) electrons. The molecule has 0 saturated heterocycles. The smallest absolute Gasteiger partial charge is 0.416 e. The Morgan fingerprint density at radius 2 is 1.70 bits per heavy atom. The number of rotatable bonds is 7. The summed E-state index contributed by atoms with van der Waals surface area (Å²) in [5.74, 6) is 0.802. The largest absolute Gasteiger partial charge is 0.481 e. The standard InChI is InChI=1S/C19H24F3N5O2S/c1-18(2,3)13(30-17-25-15(28-5)10-16(26-17)29-6)11-24-27(4)14-9-12(7-8-23-14)19(20,21)22/h7-11,13H,1-6H3. The molecule has 0 aromatic carbocycles. The fourth-order valence-electron chi connectivity index (χ4n) is 2.18. The van der Waals surface area contributed by atoms with Crippen molar-refractivity contribution in [2.24, 2.45) is 10.5 Å². The molecule has 0 aliphatic rings. The van der Waals surface area contributed by atoms with E-state index in [0.717, 1.165) is 18.3 Å². The first-order valence-electron chi connectivity index (χ1n) is 8.89. The summed E-state index contributed by atoms with van der Waals surface area (Å²) in [7, 11) is 4.53. The first kappa shape index (κ1) is 23.7. The summed E-state index contributed by atoms with van der Waals surface area (Å²) < 4.78 is 49.2. The van der Waals surface area contributed by atoms with Gasteiger partial charge in [-0.2, -0.15) is 28.2 Å². The molecule has 1 atom stereocenters. The first-order chi connectivity index (χ1) is 13.9. The number of aromatic nitrogens is 3. The minimum atomic E-state index is -4.45. The maximum absolute atomic E-state index is 12.9. The van der Waals surface area contributed by atoms with Crippen molar-refractivity contribution in [3.8, 4) is 11.8 Å². The molecule has 11 heteroatoms. The Bertz CT molecular complexity index is 865. The minimum Gasteiger partial charge on any atom is -0.481 e. The predicted octanol–water partition coefficient (Wildman–Crippen LogP) is 4.54. The first-order valence-corrected chi connectivity index (χ1v) is 9.77. The van der Waals surface area contributed by atoms with Crippen LogP contribution < -0.4 is 14.5 Å². The Hall–Kier alpha value is -2.56. The van der Waals surface area contributed by atoms with Crippen LogP contribution in [0.15, 0.2) is 34.7 Å². The number of methoxy groups -OCH3 is 2. The number of hydrazone groups is 1. The van der Waals surface area contributed by atoms with E-state index in [2.05, 4.69) is 20.1 Å². The van der Waals surface area contributed by atoms with E-state index in [9.17, 15) is 13.2 Å². The van der Waals surface area contributed by atoms with Crippen LogP contribution in [-0.4, -0.2) is 47.7 Å². The van der Waals surface area contributed by atoms with E-state index in [-0.39, 0.29) is 16.5 Å². The lowest BCUT2D eigenvalue weighted by atomic mass is 9.92. The molecule has 7 nitrogen and oxygen atoms in total. The second-order valence-corrected chi connectivity index (χ2v) is 8.44. The van der Waals surface area contributed by atoms with Crippen LogP contribution in [0.5, 0.6) is 11.8 Å². The SMILES string of the molecule is COc1cc(OC)nc(SC(C=NN(C)c2cc(C(F)(F)F)ccn2)C(C)(C)C)n1. The molecule has 2 aromatic heterocycles. The van der Waals surface area contributed by atoms with Crippen LogP contribution in [0, 0.1) is 5.41 Å². The van der Waals surface area contributed by atoms with Gasteiger partial charge in [-0.05, 0) is 17.5 Å². The third-order valence-electron chi connectivity index (χ3n) is 3.94. The van der Waals surface area contributed by atoms with Gasteiger partial charge in [0.1, 0.15) is 5.82 Å². The fourth-order valence-corrected chi connectivity index (χ4v) is 3.16. The molecular formula is C19H24F3N5O2S. The molecule has 2 aromatic rings. The summed E-state index contributed by atoms with van der Waals surface area (Å²) in [6, 6.07) is 3.44. The quantitative estimate of drug-likeness (QED) is 0.269. The molecule has 2 rings (SSSR count). The number of alkyl halides is 3. The molecule has 0 amide bonds. The Balaban J connectivity index is 2.26. The van der Waals surface area contributed by atoms with Crippen LogP contribution >= 0.6 is 11.8 Å². The Labute approximate surface area is 177 Å². The zero-order valence-corrected chi connectivity index (χ0v) is 18.4. The Morgan fingerprint density at radius 3 is 2.20 bits per heavy atom. The maximum Gasteiger partial charge on any atom is 0.416 e. The van der Waals surface area contributed by atoms with E-state index in [1.54, 1.807) is 12.3 Å². The third kappa shape index (κ3) is 6.48. The molecule has 164 valence electrons. The van der Waals surface area contributed by atoms with Crippen LogP contribution in [0.25, 0.3) is 0 Å². The molecule has 1 unspecified atom stereocenters. The van der Waals surface area contributed by atoms with Gasteiger partial charge in [-0.1, -0.05) is 32.5 Å². The number of anilines is 1. The van der Waals surface area contributed by atoms with E-state index in [1.807, 2.05) is 20.8 Å². The van der Waals surface area contributed by atoms with Gasteiger partial charge in [0.05, 0.1) is 31.1 Å². The zero-order valence-electron chi connectivity index (χ0n) is 17.6. The summed E-state index contributed by atoms with van der Waals surface area (Å²) in [5, 5.41) is 5.82. The van der Waals surface area contributed by atoms with Crippen molar-refractivity contribution in [3.05, 3.63) is 30.0 Å². The summed E-state index contributed by atoms with van der Waals surface area (Å²) in [6.07, 6.45) is -1.70. The number of pyridine rings is 1. The van der Waals surface area contributed by atoms with Crippen LogP contribution in [0.3, 0.4) is 0 Å². The highest BCUT2D eigenvalue weighted by Crippen LogP contribution is 2.35. The molecule has 0 N–H and O–H groups in total. The van der Waals surface area contributed by atoms with E-state index in [0.29, 0.717) is 16.9 Å². The van der Waals surface area contributed by atoms with Crippen LogP contribution in [0.1, 0.15) is 26.3 Å². The average molecular weight is 443 g/mol. The molecule has 2 heterocycles. The lowest BCUT2D eigenvalue weighted by Gasteiger charge is -2.26. The number of hydrogen-bond acceptors (Lipinski definition) is 8. The van der Waals surface area contributed by atoms with Crippen molar-refractivity contribution in [1.82, 2.24) is 15.0 Å². The van der Waals surface area contributed by atoms with Crippen molar-refractivity contribution in [1.29, 1.82) is 0 Å². The Kier molecular flexibility index (Phi) is 7.51. The van der Waals surface area contributed by atoms with E-state index in [1.165, 1.54) is 38.0 Å². The summed E-state index contributed by atoms with van der Waals surface area (Å²) in [4.78, 5) is 12.6. The second kappa shape index (κ2) is 9.50. The van der Waals surface area contributed by atoms with Gasteiger partial charge in [0.15, 0.2) is 5.16 Å². The van der Waals surface area contributed by atoms with Crippen molar-refractivity contribution in [3.63, 3.8) is 0 Å².